The Morgan fingerprint density at radius 1 is 1.07 bits per heavy atom. The molecule has 1 fully saturated rings. The van der Waals surface area contributed by atoms with E-state index in [0.717, 1.165) is 0 Å². The maximum atomic E-state index is 12.3. The fourth-order valence-corrected chi connectivity index (χ4v) is 1.91. The van der Waals surface area contributed by atoms with E-state index in [1.807, 2.05) is 13.8 Å². The quantitative estimate of drug-likeness (QED) is 0.677. The van der Waals surface area contributed by atoms with Crippen LogP contribution in [0.3, 0.4) is 0 Å². The maximum absolute atomic E-state index is 12.3. The molecule has 0 aliphatic heterocycles. The normalized spacial score (nSPS) is 29.6. The third-order valence-electron chi connectivity index (χ3n) is 2.60. The van der Waals surface area contributed by atoms with Crippen molar-refractivity contribution in [3.63, 3.8) is 0 Å². The molecule has 0 heterocycles. The highest BCUT2D eigenvalue weighted by atomic mass is 19.4. The molecule has 4 heteroatoms. The van der Waals surface area contributed by atoms with E-state index in [0.29, 0.717) is 12.8 Å². The molecule has 0 unspecified atom stereocenters. The van der Waals surface area contributed by atoms with Crippen LogP contribution in [0.1, 0.15) is 39.5 Å². The summed E-state index contributed by atoms with van der Waals surface area (Å²) in [4.78, 5) is 0. The third kappa shape index (κ3) is 3.48. The summed E-state index contributed by atoms with van der Waals surface area (Å²) in [5, 5.41) is 0. The number of ether oxygens (including phenoxy) is 1. The van der Waals surface area contributed by atoms with E-state index in [2.05, 4.69) is 0 Å². The first-order valence-electron chi connectivity index (χ1n) is 5.11. The molecule has 0 atom stereocenters. The minimum atomic E-state index is -4.01. The number of alkyl halides is 3. The van der Waals surface area contributed by atoms with E-state index in [4.69, 9.17) is 4.74 Å². The molecule has 0 aromatic carbocycles. The number of rotatable bonds is 2. The van der Waals surface area contributed by atoms with E-state index >= 15 is 0 Å². The molecular weight excluding hydrogens is 193 g/mol. The van der Waals surface area contributed by atoms with Crippen molar-refractivity contribution in [3.8, 4) is 0 Å². The smallest absolute Gasteiger partial charge is 0.376 e. The summed E-state index contributed by atoms with van der Waals surface area (Å²) < 4.78 is 42.4. The average Bonchev–Trinajstić information content (AvgIpc) is 2.02. The molecule has 1 nitrogen and oxygen atoms in total. The largest absolute Gasteiger partial charge is 0.391 e. The second kappa shape index (κ2) is 4.51. The first-order valence-corrected chi connectivity index (χ1v) is 5.11. The molecule has 0 aromatic rings. The van der Waals surface area contributed by atoms with Crippen LogP contribution in [-0.4, -0.2) is 18.4 Å². The van der Waals surface area contributed by atoms with Crippen LogP contribution >= 0.6 is 0 Å². The lowest BCUT2D eigenvalue weighted by molar-refractivity contribution is -0.188. The zero-order chi connectivity index (χ0) is 10.8. The lowest BCUT2D eigenvalue weighted by atomic mass is 9.87. The van der Waals surface area contributed by atoms with Crippen LogP contribution < -0.4 is 0 Å². The van der Waals surface area contributed by atoms with E-state index in [1.54, 1.807) is 0 Å². The van der Waals surface area contributed by atoms with Crippen LogP contribution in [0.2, 0.25) is 0 Å². The van der Waals surface area contributed by atoms with Crippen molar-refractivity contribution in [1.82, 2.24) is 0 Å². The fourth-order valence-electron chi connectivity index (χ4n) is 1.91. The number of hydrogen-bond acceptors (Lipinski definition) is 1. The molecule has 0 spiro atoms. The van der Waals surface area contributed by atoms with Gasteiger partial charge in [-0.2, -0.15) is 13.2 Å². The molecular formula is C10H17F3O. The molecule has 0 saturated heterocycles. The zero-order valence-corrected chi connectivity index (χ0v) is 8.60. The van der Waals surface area contributed by atoms with Gasteiger partial charge in [-0.3, -0.25) is 0 Å². The zero-order valence-electron chi connectivity index (χ0n) is 8.60. The monoisotopic (exact) mass is 210 g/mol. The standard InChI is InChI=1S/C10H17F3O/c1-7(2)14-9-5-3-8(4-6-9)10(11,12)13/h7-9H,3-6H2,1-2H3. The van der Waals surface area contributed by atoms with Gasteiger partial charge in [-0.25, -0.2) is 0 Å². The van der Waals surface area contributed by atoms with Crippen LogP contribution in [0, 0.1) is 5.92 Å². The summed E-state index contributed by atoms with van der Waals surface area (Å²) >= 11 is 0. The Balaban J connectivity index is 2.31. The number of halogens is 3. The van der Waals surface area contributed by atoms with Crippen molar-refractivity contribution in [2.24, 2.45) is 5.92 Å². The second-order valence-corrected chi connectivity index (χ2v) is 4.20. The van der Waals surface area contributed by atoms with Crippen molar-refractivity contribution >= 4 is 0 Å². The fraction of sp³-hybridized carbons (Fsp3) is 1.00. The van der Waals surface area contributed by atoms with Gasteiger partial charge >= 0.3 is 6.18 Å². The van der Waals surface area contributed by atoms with Gasteiger partial charge in [-0.15, -0.1) is 0 Å². The summed E-state index contributed by atoms with van der Waals surface area (Å²) in [6, 6.07) is 0. The van der Waals surface area contributed by atoms with E-state index < -0.39 is 12.1 Å². The third-order valence-corrected chi connectivity index (χ3v) is 2.60. The van der Waals surface area contributed by atoms with Gasteiger partial charge in [0.2, 0.25) is 0 Å². The van der Waals surface area contributed by atoms with E-state index in [9.17, 15) is 13.2 Å². The van der Waals surface area contributed by atoms with Crippen molar-refractivity contribution in [2.45, 2.75) is 57.9 Å². The predicted molar refractivity (Wildman–Crippen MR) is 48.0 cm³/mol. The molecule has 1 aliphatic carbocycles. The van der Waals surface area contributed by atoms with Gasteiger partial charge < -0.3 is 4.74 Å². The predicted octanol–water partition coefficient (Wildman–Crippen LogP) is 3.53. The first-order chi connectivity index (χ1) is 6.39. The molecule has 0 radical (unpaired) electrons. The number of hydrogen-bond donors (Lipinski definition) is 0. The van der Waals surface area contributed by atoms with Crippen molar-refractivity contribution in [1.29, 1.82) is 0 Å². The highest BCUT2D eigenvalue weighted by Crippen LogP contribution is 2.38. The Morgan fingerprint density at radius 2 is 1.57 bits per heavy atom. The minimum absolute atomic E-state index is 0.0357. The molecule has 0 aromatic heterocycles. The molecule has 14 heavy (non-hydrogen) atoms. The SMILES string of the molecule is CC(C)OC1CCC(C(F)(F)F)CC1. The Kier molecular flexibility index (Phi) is 3.81. The lowest BCUT2D eigenvalue weighted by Gasteiger charge is -2.30. The second-order valence-electron chi connectivity index (χ2n) is 4.20. The maximum Gasteiger partial charge on any atom is 0.391 e. The molecule has 84 valence electrons. The van der Waals surface area contributed by atoms with Crippen LogP contribution in [0.4, 0.5) is 13.2 Å². The minimum Gasteiger partial charge on any atom is -0.376 e. The summed E-state index contributed by atoms with van der Waals surface area (Å²) in [6.45, 7) is 3.83. The van der Waals surface area contributed by atoms with Crippen molar-refractivity contribution < 1.29 is 17.9 Å². The van der Waals surface area contributed by atoms with E-state index in [-0.39, 0.29) is 25.0 Å². The summed E-state index contributed by atoms with van der Waals surface area (Å²) in [5.74, 6) is -1.10. The van der Waals surface area contributed by atoms with Gasteiger partial charge in [0.15, 0.2) is 0 Å². The summed E-state index contributed by atoms with van der Waals surface area (Å²) in [7, 11) is 0. The van der Waals surface area contributed by atoms with Gasteiger partial charge in [0.25, 0.3) is 0 Å². The Bertz CT molecular complexity index is 169. The Morgan fingerprint density at radius 3 is 1.93 bits per heavy atom. The van der Waals surface area contributed by atoms with Gasteiger partial charge in [-0.1, -0.05) is 0 Å². The molecule has 0 bridgehead atoms. The van der Waals surface area contributed by atoms with Gasteiger partial charge in [0, 0.05) is 0 Å². The average molecular weight is 210 g/mol. The summed E-state index contributed by atoms with van der Waals surface area (Å²) in [6.07, 6.45) is -2.33. The molecule has 1 saturated carbocycles. The molecule has 0 amide bonds. The topological polar surface area (TPSA) is 9.23 Å². The summed E-state index contributed by atoms with van der Waals surface area (Å²) in [5.41, 5.74) is 0. The van der Waals surface area contributed by atoms with Crippen LogP contribution in [0.5, 0.6) is 0 Å². The molecule has 0 N–H and O–H groups in total. The molecule has 1 aliphatic rings. The van der Waals surface area contributed by atoms with Gasteiger partial charge in [0.1, 0.15) is 0 Å². The molecule has 1 rings (SSSR count). The highest BCUT2D eigenvalue weighted by molar-refractivity contribution is 4.77. The van der Waals surface area contributed by atoms with Crippen LogP contribution in [0.15, 0.2) is 0 Å². The van der Waals surface area contributed by atoms with Gasteiger partial charge in [-0.05, 0) is 39.5 Å². The van der Waals surface area contributed by atoms with Crippen molar-refractivity contribution in [2.75, 3.05) is 0 Å². The Hall–Kier alpha value is -0.250. The van der Waals surface area contributed by atoms with Crippen LogP contribution in [-0.2, 0) is 4.74 Å². The van der Waals surface area contributed by atoms with Crippen molar-refractivity contribution in [3.05, 3.63) is 0 Å². The highest BCUT2D eigenvalue weighted by Gasteiger charge is 2.41. The first kappa shape index (κ1) is 11.8. The Labute approximate surface area is 82.6 Å². The van der Waals surface area contributed by atoms with Gasteiger partial charge in [0.05, 0.1) is 18.1 Å². The van der Waals surface area contributed by atoms with Crippen LogP contribution in [0.25, 0.3) is 0 Å². The lowest BCUT2D eigenvalue weighted by Crippen LogP contribution is -2.31. The van der Waals surface area contributed by atoms with E-state index in [1.165, 1.54) is 0 Å².